The molecule has 5 heavy (non-hydrogen) atoms. The molecule has 0 spiro atoms. The maximum absolute atomic E-state index is 4.54. The lowest BCUT2D eigenvalue weighted by Crippen LogP contribution is -1.89. The summed E-state index contributed by atoms with van der Waals surface area (Å²) in [6, 6.07) is 0. The Balaban J connectivity index is 0.000000160. The Kier molecular flexibility index (Phi) is 1.92. The predicted octanol–water partition coefficient (Wildman–Crippen LogP) is 0.149. The second-order valence-corrected chi connectivity index (χ2v) is 0.705. The van der Waals surface area contributed by atoms with Gasteiger partial charge in [0.05, 0.1) is 6.26 Å². The van der Waals surface area contributed by atoms with E-state index >= 15 is 0 Å². The zero-order valence-corrected chi connectivity index (χ0v) is 3.77. The van der Waals surface area contributed by atoms with Crippen LogP contribution in [0.25, 0.3) is 0 Å². The van der Waals surface area contributed by atoms with Crippen molar-refractivity contribution in [2.45, 2.75) is 0 Å². The Bertz CT molecular complexity index is 36.2. The monoisotopic (exact) mass is 84.0 g/mol. The summed E-state index contributed by atoms with van der Waals surface area (Å²) >= 11 is 0. The fourth-order valence-corrected chi connectivity index (χ4v) is 0.0962. The number of ether oxygens (including phenoxy) is 1. The number of hydrogen-bond donors (Lipinski definition) is 0. The Hall–Kier alpha value is -0.243. The van der Waals surface area contributed by atoms with Crippen molar-refractivity contribution >= 4 is 11.0 Å². The van der Waals surface area contributed by atoms with E-state index in [1.54, 1.807) is 6.26 Å². The third-order valence-electron chi connectivity index (χ3n) is 0.385. The van der Waals surface area contributed by atoms with E-state index in [2.05, 4.69) is 4.74 Å². The lowest BCUT2D eigenvalue weighted by Gasteiger charge is -1.99. The smallest absolute Gasteiger partial charge is 0.109 e. The van der Waals surface area contributed by atoms with Crippen LogP contribution in [-0.4, -0.2) is 17.6 Å². The highest BCUT2D eigenvalue weighted by molar-refractivity contribution is 5.75. The lowest BCUT2D eigenvalue weighted by atomic mass is 10.6. The van der Waals surface area contributed by atoms with Crippen LogP contribution in [0.15, 0.2) is 12.3 Å². The minimum Gasteiger partial charge on any atom is -0.497 e. The molecule has 0 aliphatic carbocycles. The molecular weight excluding hydrogens is 80.1 g/mol. The number of hydrogen-bond acceptors (Lipinski definition) is 1. The fraction of sp³-hybridized carbons (Fsp3) is 0.333. The first kappa shape index (κ1) is 4.76. The zero-order chi connectivity index (χ0) is 2.83. The van der Waals surface area contributed by atoms with Gasteiger partial charge in [0, 0.05) is 11.0 Å². The van der Waals surface area contributed by atoms with Crippen LogP contribution in [0.4, 0.5) is 0 Å². The van der Waals surface area contributed by atoms with E-state index in [0.29, 0.717) is 0 Å². The topological polar surface area (TPSA) is 9.23 Å². The van der Waals surface area contributed by atoms with Gasteiger partial charge in [0.15, 0.2) is 0 Å². The van der Waals surface area contributed by atoms with Gasteiger partial charge in [-0.3, -0.25) is 0 Å². The van der Waals surface area contributed by atoms with Gasteiger partial charge in [-0.1, -0.05) is 0 Å². The van der Waals surface area contributed by atoms with E-state index in [0.717, 1.165) is 6.61 Å². The Morgan fingerprint density at radius 2 is 1.80 bits per heavy atom. The van der Waals surface area contributed by atoms with Gasteiger partial charge in [-0.25, -0.2) is 0 Å². The number of rotatable bonds is 0. The molecule has 0 N–H and O–H groups in total. The predicted molar refractivity (Wildman–Crippen MR) is 20.8 cm³/mol. The van der Waals surface area contributed by atoms with Crippen molar-refractivity contribution in [3.05, 3.63) is 12.3 Å². The summed E-state index contributed by atoms with van der Waals surface area (Å²) in [5, 5.41) is 0. The highest BCUT2D eigenvalue weighted by Gasteiger charge is 1.79. The molecule has 0 saturated carbocycles. The Morgan fingerprint density at radius 1 is 1.60 bits per heavy atom. The van der Waals surface area contributed by atoms with Crippen molar-refractivity contribution in [1.82, 2.24) is 0 Å². The molecule has 1 heterocycles. The van der Waals surface area contributed by atoms with Crippen LogP contribution in [0.2, 0.25) is 0 Å². The van der Waals surface area contributed by atoms with Gasteiger partial charge in [0.25, 0.3) is 0 Å². The van der Waals surface area contributed by atoms with E-state index in [9.17, 15) is 0 Å². The fourth-order valence-electron chi connectivity index (χ4n) is 0.0962. The van der Waals surface area contributed by atoms with Crippen molar-refractivity contribution < 1.29 is 4.74 Å². The first-order chi connectivity index (χ1) is 2.00. The molecule has 0 bridgehead atoms. The molecule has 1 aliphatic rings. The molecule has 0 aromatic carbocycles. The van der Waals surface area contributed by atoms with E-state index in [1.165, 1.54) is 0 Å². The van der Waals surface area contributed by atoms with Crippen molar-refractivity contribution in [3.63, 3.8) is 0 Å². The van der Waals surface area contributed by atoms with Crippen LogP contribution < -0.4 is 0 Å². The molecule has 1 aliphatic heterocycles. The first-order valence-electron chi connectivity index (χ1n) is 1.27. The largest absolute Gasteiger partial charge is 0.497 e. The second kappa shape index (κ2) is 2.02. The summed E-state index contributed by atoms with van der Waals surface area (Å²) in [7, 11) is 0. The van der Waals surface area contributed by atoms with E-state index in [4.69, 9.17) is 0 Å². The average molecular weight is 84.2 g/mol. The van der Waals surface area contributed by atoms with Crippen molar-refractivity contribution in [1.29, 1.82) is 0 Å². The normalized spacial score (nSPS) is 14.4. The third-order valence-corrected chi connectivity index (χ3v) is 0.385. The van der Waals surface area contributed by atoms with Gasteiger partial charge < -0.3 is 4.74 Å². The standard InChI is InChI=1S/C3H4O.Si/c1-2-4-3-1;/h1-2H,3H2;. The summed E-state index contributed by atoms with van der Waals surface area (Å²) in [6.45, 7) is 0.819. The summed E-state index contributed by atoms with van der Waals surface area (Å²) in [4.78, 5) is 0. The maximum Gasteiger partial charge on any atom is 0.109 e. The quantitative estimate of drug-likeness (QED) is 0.380. The molecule has 1 rings (SSSR count). The van der Waals surface area contributed by atoms with Crippen LogP contribution in [0.1, 0.15) is 0 Å². The molecule has 0 aromatic heterocycles. The highest BCUT2D eigenvalue weighted by atomic mass is 28.1. The van der Waals surface area contributed by atoms with E-state index < -0.39 is 0 Å². The summed E-state index contributed by atoms with van der Waals surface area (Å²) < 4.78 is 4.54. The second-order valence-electron chi connectivity index (χ2n) is 0.705. The average Bonchev–Trinajstić information content (AvgIpc) is 0.722. The molecule has 0 atom stereocenters. The van der Waals surface area contributed by atoms with Crippen LogP contribution in [0.3, 0.4) is 0 Å². The minimum absolute atomic E-state index is 0. The first-order valence-corrected chi connectivity index (χ1v) is 1.27. The molecule has 0 unspecified atom stereocenters. The van der Waals surface area contributed by atoms with Gasteiger partial charge in [0.1, 0.15) is 6.61 Å². The third kappa shape index (κ3) is 0.822. The molecule has 0 saturated heterocycles. The molecule has 0 aromatic rings. The Morgan fingerprint density at radius 3 is 1.80 bits per heavy atom. The molecule has 26 valence electrons. The van der Waals surface area contributed by atoms with E-state index in [-0.39, 0.29) is 11.0 Å². The van der Waals surface area contributed by atoms with Crippen LogP contribution in [0.5, 0.6) is 0 Å². The van der Waals surface area contributed by atoms with E-state index in [1.807, 2.05) is 6.08 Å². The van der Waals surface area contributed by atoms with Gasteiger partial charge in [-0.2, -0.15) is 0 Å². The van der Waals surface area contributed by atoms with Crippen molar-refractivity contribution in [3.8, 4) is 0 Å². The van der Waals surface area contributed by atoms with Gasteiger partial charge in [-0.05, 0) is 6.08 Å². The SMILES string of the molecule is C1=COC1.[Si]. The molecular formula is C3H4OSi. The molecule has 1 nitrogen and oxygen atoms in total. The molecule has 0 fully saturated rings. The van der Waals surface area contributed by atoms with Gasteiger partial charge in [-0.15, -0.1) is 0 Å². The maximum atomic E-state index is 4.54. The van der Waals surface area contributed by atoms with Crippen molar-refractivity contribution in [2.75, 3.05) is 6.61 Å². The van der Waals surface area contributed by atoms with Crippen LogP contribution in [-0.2, 0) is 4.74 Å². The van der Waals surface area contributed by atoms with Crippen LogP contribution >= 0.6 is 0 Å². The molecule has 2 heteroatoms. The Labute approximate surface area is 35.7 Å². The summed E-state index contributed by atoms with van der Waals surface area (Å²) in [5.74, 6) is 0. The minimum atomic E-state index is 0. The summed E-state index contributed by atoms with van der Waals surface area (Å²) in [6.07, 6.45) is 3.64. The molecule has 4 radical (unpaired) electrons. The summed E-state index contributed by atoms with van der Waals surface area (Å²) in [5.41, 5.74) is 0. The van der Waals surface area contributed by atoms with Crippen LogP contribution in [0, 0.1) is 0 Å². The highest BCUT2D eigenvalue weighted by Crippen LogP contribution is 1.87. The van der Waals surface area contributed by atoms with Gasteiger partial charge in [0.2, 0.25) is 0 Å². The zero-order valence-electron chi connectivity index (χ0n) is 2.77. The van der Waals surface area contributed by atoms with Gasteiger partial charge >= 0.3 is 0 Å². The lowest BCUT2D eigenvalue weighted by molar-refractivity contribution is 0.243. The molecule has 0 amide bonds. The van der Waals surface area contributed by atoms with Crippen molar-refractivity contribution in [2.24, 2.45) is 0 Å².